The Morgan fingerprint density at radius 1 is 1.69 bits per heavy atom. The van der Waals surface area contributed by atoms with Crippen LogP contribution < -0.4 is 5.48 Å². The summed E-state index contributed by atoms with van der Waals surface area (Å²) in [4.78, 5) is 10.1. The second kappa shape index (κ2) is 3.06. The SMILES string of the molecule is COC1=NC(NO)=CN2CCN=C12. The first-order valence-corrected chi connectivity index (χ1v) is 3.91. The van der Waals surface area contributed by atoms with E-state index < -0.39 is 0 Å². The van der Waals surface area contributed by atoms with Gasteiger partial charge in [-0.05, 0) is 0 Å². The smallest absolute Gasteiger partial charge is 0.259 e. The highest BCUT2D eigenvalue weighted by Crippen LogP contribution is 2.12. The number of hydrogen-bond donors (Lipinski definition) is 2. The largest absolute Gasteiger partial charge is 0.478 e. The van der Waals surface area contributed by atoms with Crippen LogP contribution in [0.3, 0.4) is 0 Å². The molecule has 0 unspecified atom stereocenters. The normalized spacial score (nSPS) is 20.2. The van der Waals surface area contributed by atoms with Crippen LogP contribution >= 0.6 is 0 Å². The number of amidine groups is 1. The maximum absolute atomic E-state index is 8.68. The Balaban J connectivity index is 2.32. The average molecular weight is 182 g/mol. The van der Waals surface area contributed by atoms with Crippen LogP contribution in [0.5, 0.6) is 0 Å². The van der Waals surface area contributed by atoms with Crippen molar-refractivity contribution in [1.29, 1.82) is 0 Å². The van der Waals surface area contributed by atoms with Gasteiger partial charge in [0.25, 0.3) is 5.90 Å². The fourth-order valence-electron chi connectivity index (χ4n) is 1.30. The maximum atomic E-state index is 8.68. The van der Waals surface area contributed by atoms with Crippen LogP contribution in [0.4, 0.5) is 0 Å². The fraction of sp³-hybridized carbons (Fsp3) is 0.429. The summed E-state index contributed by atoms with van der Waals surface area (Å²) in [5.41, 5.74) is 1.98. The summed E-state index contributed by atoms with van der Waals surface area (Å²) in [5, 5.41) is 8.68. The highest BCUT2D eigenvalue weighted by atomic mass is 16.5. The predicted octanol–water partition coefficient (Wildman–Crippen LogP) is -0.463. The molecule has 0 aromatic carbocycles. The number of aliphatic imine (C=N–C) groups is 2. The zero-order valence-electron chi connectivity index (χ0n) is 7.19. The van der Waals surface area contributed by atoms with E-state index in [2.05, 4.69) is 9.98 Å². The number of nitrogens with zero attached hydrogens (tertiary/aromatic N) is 3. The van der Waals surface area contributed by atoms with Crippen molar-refractivity contribution in [2.24, 2.45) is 9.98 Å². The van der Waals surface area contributed by atoms with E-state index in [1.54, 1.807) is 6.20 Å². The van der Waals surface area contributed by atoms with Crippen molar-refractivity contribution in [3.63, 3.8) is 0 Å². The van der Waals surface area contributed by atoms with E-state index in [9.17, 15) is 0 Å². The first-order chi connectivity index (χ1) is 6.35. The molecule has 2 N–H and O–H groups in total. The Morgan fingerprint density at radius 2 is 2.54 bits per heavy atom. The Hall–Kier alpha value is -1.56. The van der Waals surface area contributed by atoms with E-state index in [0.717, 1.165) is 18.9 Å². The Labute approximate surface area is 75.2 Å². The van der Waals surface area contributed by atoms with Gasteiger partial charge in [-0.25, -0.2) is 0 Å². The number of methoxy groups -OCH3 is 1. The molecule has 0 spiro atoms. The van der Waals surface area contributed by atoms with E-state index in [1.807, 2.05) is 10.4 Å². The van der Waals surface area contributed by atoms with Gasteiger partial charge in [0.1, 0.15) is 0 Å². The molecule has 6 nitrogen and oxygen atoms in total. The number of nitrogens with one attached hydrogen (secondary N) is 1. The summed E-state index contributed by atoms with van der Waals surface area (Å²) < 4.78 is 5.02. The van der Waals surface area contributed by atoms with Crippen molar-refractivity contribution < 1.29 is 9.94 Å². The van der Waals surface area contributed by atoms with E-state index >= 15 is 0 Å². The minimum Gasteiger partial charge on any atom is -0.478 e. The average Bonchev–Trinajstić information content (AvgIpc) is 2.63. The van der Waals surface area contributed by atoms with Gasteiger partial charge < -0.3 is 9.64 Å². The molecule has 0 atom stereocenters. The van der Waals surface area contributed by atoms with E-state index in [0.29, 0.717) is 11.7 Å². The minimum atomic E-state index is 0.359. The Kier molecular flexibility index (Phi) is 1.90. The number of hydroxylamine groups is 1. The summed E-state index contributed by atoms with van der Waals surface area (Å²) in [6, 6.07) is 0. The Bertz CT molecular complexity index is 308. The summed E-state index contributed by atoms with van der Waals surface area (Å²) >= 11 is 0. The highest BCUT2D eigenvalue weighted by molar-refractivity contribution is 6.39. The van der Waals surface area contributed by atoms with Crippen molar-refractivity contribution in [3.8, 4) is 0 Å². The first-order valence-electron chi connectivity index (χ1n) is 3.91. The molecule has 2 aliphatic rings. The van der Waals surface area contributed by atoms with E-state index in [1.165, 1.54) is 7.11 Å². The first kappa shape index (κ1) is 8.06. The van der Waals surface area contributed by atoms with E-state index in [4.69, 9.17) is 9.94 Å². The van der Waals surface area contributed by atoms with Gasteiger partial charge in [-0.3, -0.25) is 15.7 Å². The van der Waals surface area contributed by atoms with Crippen LogP contribution in [0.15, 0.2) is 22.0 Å². The number of fused-ring (bicyclic) bond motifs is 1. The van der Waals surface area contributed by atoms with Gasteiger partial charge in [-0.2, -0.15) is 4.99 Å². The molecule has 2 rings (SSSR count). The molecule has 6 heteroatoms. The number of ether oxygens (including phenoxy) is 1. The molecule has 70 valence electrons. The van der Waals surface area contributed by atoms with Crippen LogP contribution in [-0.4, -0.2) is 42.0 Å². The van der Waals surface area contributed by atoms with Crippen LogP contribution in [0, 0.1) is 0 Å². The molecule has 0 aromatic rings. The van der Waals surface area contributed by atoms with Crippen molar-refractivity contribution in [2.75, 3.05) is 20.2 Å². The van der Waals surface area contributed by atoms with Crippen molar-refractivity contribution >= 4 is 11.7 Å². The van der Waals surface area contributed by atoms with Gasteiger partial charge in [-0.1, -0.05) is 0 Å². The van der Waals surface area contributed by atoms with Gasteiger partial charge in [0.2, 0.25) is 0 Å². The quantitative estimate of drug-likeness (QED) is 0.538. The zero-order chi connectivity index (χ0) is 9.26. The molecular weight excluding hydrogens is 172 g/mol. The van der Waals surface area contributed by atoms with Gasteiger partial charge >= 0.3 is 0 Å². The molecule has 0 aliphatic carbocycles. The van der Waals surface area contributed by atoms with Gasteiger partial charge in [0, 0.05) is 6.54 Å². The van der Waals surface area contributed by atoms with Crippen LogP contribution in [-0.2, 0) is 4.74 Å². The second-order valence-corrected chi connectivity index (χ2v) is 2.65. The standard InChI is InChI=1S/C7H10N4O2/c1-13-7-6-8-2-3-11(6)4-5(9-7)10-12/h4,10,12H,2-3H2,1H3. The molecular formula is C7H10N4O2. The van der Waals surface area contributed by atoms with Crippen molar-refractivity contribution in [3.05, 3.63) is 12.0 Å². The van der Waals surface area contributed by atoms with Crippen LogP contribution in [0.1, 0.15) is 0 Å². The van der Waals surface area contributed by atoms with Crippen LogP contribution in [0.25, 0.3) is 0 Å². The molecule has 0 bridgehead atoms. The molecule has 2 heterocycles. The fourth-order valence-corrected chi connectivity index (χ4v) is 1.30. The van der Waals surface area contributed by atoms with Gasteiger partial charge in [0.15, 0.2) is 11.7 Å². The lowest BCUT2D eigenvalue weighted by atomic mass is 10.4. The predicted molar refractivity (Wildman–Crippen MR) is 46.5 cm³/mol. The molecule has 0 saturated carbocycles. The molecule has 2 aliphatic heterocycles. The summed E-state index contributed by atoms with van der Waals surface area (Å²) in [7, 11) is 1.53. The number of rotatable bonds is 1. The Morgan fingerprint density at radius 3 is 3.23 bits per heavy atom. The third-order valence-corrected chi connectivity index (χ3v) is 1.87. The molecule has 0 saturated heterocycles. The molecule has 0 fully saturated rings. The monoisotopic (exact) mass is 182 g/mol. The second-order valence-electron chi connectivity index (χ2n) is 2.65. The van der Waals surface area contributed by atoms with Crippen molar-refractivity contribution in [1.82, 2.24) is 10.4 Å². The lowest BCUT2D eigenvalue weighted by Gasteiger charge is -2.20. The summed E-state index contributed by atoms with van der Waals surface area (Å²) in [6.07, 6.45) is 1.69. The lowest BCUT2D eigenvalue weighted by molar-refractivity contribution is 0.196. The maximum Gasteiger partial charge on any atom is 0.259 e. The topological polar surface area (TPSA) is 69.4 Å². The zero-order valence-corrected chi connectivity index (χ0v) is 7.19. The summed E-state index contributed by atoms with van der Waals surface area (Å²) in [5.74, 6) is 1.51. The minimum absolute atomic E-state index is 0.359. The molecule has 0 aromatic heterocycles. The molecule has 0 radical (unpaired) electrons. The summed E-state index contributed by atoms with van der Waals surface area (Å²) in [6.45, 7) is 1.52. The highest BCUT2D eigenvalue weighted by Gasteiger charge is 2.25. The van der Waals surface area contributed by atoms with Crippen molar-refractivity contribution in [2.45, 2.75) is 0 Å². The van der Waals surface area contributed by atoms with E-state index in [-0.39, 0.29) is 0 Å². The third-order valence-electron chi connectivity index (χ3n) is 1.87. The molecule has 0 amide bonds. The lowest BCUT2D eigenvalue weighted by Crippen LogP contribution is -2.35. The third kappa shape index (κ3) is 1.25. The number of hydrogen-bond acceptors (Lipinski definition) is 6. The van der Waals surface area contributed by atoms with Gasteiger partial charge in [-0.15, -0.1) is 0 Å². The molecule has 13 heavy (non-hydrogen) atoms. The van der Waals surface area contributed by atoms with Crippen LogP contribution in [0.2, 0.25) is 0 Å². The van der Waals surface area contributed by atoms with Gasteiger partial charge in [0.05, 0.1) is 19.9 Å².